The summed E-state index contributed by atoms with van der Waals surface area (Å²) in [7, 11) is 0. The second-order valence-corrected chi connectivity index (χ2v) is 6.36. The van der Waals surface area contributed by atoms with Gasteiger partial charge in [0.2, 0.25) is 11.1 Å². The maximum Gasteiger partial charge on any atom is 0.269 e. The second-order valence-electron chi connectivity index (χ2n) is 6.36. The summed E-state index contributed by atoms with van der Waals surface area (Å²) < 4.78 is 20.5. The maximum absolute atomic E-state index is 13.3. The van der Waals surface area contributed by atoms with E-state index in [2.05, 4.69) is 4.98 Å². The summed E-state index contributed by atoms with van der Waals surface area (Å²) in [4.78, 5) is 30.5. The van der Waals surface area contributed by atoms with E-state index in [0.717, 1.165) is 12.8 Å². The Kier molecular flexibility index (Phi) is 4.32. The van der Waals surface area contributed by atoms with Crippen LogP contribution in [0.3, 0.4) is 0 Å². The first-order valence-electron chi connectivity index (χ1n) is 8.82. The van der Waals surface area contributed by atoms with Crippen molar-refractivity contribution in [1.82, 2.24) is 9.55 Å². The first-order chi connectivity index (χ1) is 13.1. The number of hydrogen-bond donors (Lipinski definition) is 0. The quantitative estimate of drug-likeness (QED) is 0.511. The van der Waals surface area contributed by atoms with Crippen LogP contribution in [-0.4, -0.2) is 9.55 Å². The Labute approximate surface area is 153 Å². The molecule has 136 valence electrons. The van der Waals surface area contributed by atoms with E-state index >= 15 is 0 Å². The lowest BCUT2D eigenvalue weighted by atomic mass is 10.1. The van der Waals surface area contributed by atoms with Crippen LogP contribution in [0, 0.1) is 5.82 Å². The van der Waals surface area contributed by atoms with Gasteiger partial charge >= 0.3 is 0 Å². The molecule has 2 heterocycles. The Morgan fingerprint density at radius 1 is 1.07 bits per heavy atom. The van der Waals surface area contributed by atoms with Crippen LogP contribution in [-0.2, 0) is 6.54 Å². The Morgan fingerprint density at radius 3 is 2.56 bits per heavy atom. The predicted molar refractivity (Wildman–Crippen MR) is 102 cm³/mol. The number of halogens is 1. The molecule has 0 radical (unpaired) electrons. The van der Waals surface area contributed by atoms with E-state index in [4.69, 9.17) is 4.42 Å². The third-order valence-corrected chi connectivity index (χ3v) is 4.54. The molecule has 4 aromatic rings. The number of hydrogen-bond acceptors (Lipinski definition) is 4. The van der Waals surface area contributed by atoms with Gasteiger partial charge in [0.25, 0.3) is 5.56 Å². The third kappa shape index (κ3) is 2.93. The van der Waals surface area contributed by atoms with Crippen LogP contribution in [0.4, 0.5) is 4.39 Å². The minimum atomic E-state index is -0.438. The number of nitrogens with zero attached hydrogens (tertiary/aromatic N) is 2. The molecule has 0 aliphatic heterocycles. The Balaban J connectivity index is 2.10. The van der Waals surface area contributed by atoms with Crippen LogP contribution >= 0.6 is 0 Å². The standard InChI is InChI=1S/C21H17FN2O3/c1-2-3-12-24-19(13-8-10-14(22)11-9-13)23-20-17(21(24)26)18(25)15-6-4-5-7-16(15)27-20/h4-11H,2-3,12H2,1H3. The van der Waals surface area contributed by atoms with Crippen molar-refractivity contribution in [3.8, 4) is 11.4 Å². The summed E-state index contributed by atoms with van der Waals surface area (Å²) in [5, 5.41) is 0.288. The van der Waals surface area contributed by atoms with Gasteiger partial charge in [0.1, 0.15) is 17.2 Å². The lowest BCUT2D eigenvalue weighted by Gasteiger charge is -2.13. The molecule has 0 amide bonds. The first-order valence-corrected chi connectivity index (χ1v) is 8.82. The van der Waals surface area contributed by atoms with Gasteiger partial charge in [0.05, 0.1) is 5.39 Å². The van der Waals surface area contributed by atoms with E-state index in [1.54, 1.807) is 36.4 Å². The van der Waals surface area contributed by atoms with Crippen LogP contribution in [0.1, 0.15) is 19.8 Å². The molecule has 0 spiro atoms. The fourth-order valence-corrected chi connectivity index (χ4v) is 3.13. The highest BCUT2D eigenvalue weighted by molar-refractivity contribution is 5.88. The molecule has 0 unspecified atom stereocenters. The molecule has 27 heavy (non-hydrogen) atoms. The van der Waals surface area contributed by atoms with Crippen molar-refractivity contribution in [2.75, 3.05) is 0 Å². The van der Waals surface area contributed by atoms with Gasteiger partial charge in [0.15, 0.2) is 5.39 Å². The zero-order valence-corrected chi connectivity index (χ0v) is 14.7. The molecule has 0 N–H and O–H groups in total. The van der Waals surface area contributed by atoms with Crippen LogP contribution in [0.25, 0.3) is 33.5 Å². The molecule has 2 aromatic carbocycles. The van der Waals surface area contributed by atoms with Gasteiger partial charge < -0.3 is 4.42 Å². The molecule has 0 aliphatic carbocycles. The Hall–Kier alpha value is -3.28. The number of aromatic nitrogens is 2. The normalized spacial score (nSPS) is 11.3. The monoisotopic (exact) mass is 364 g/mol. The van der Waals surface area contributed by atoms with E-state index < -0.39 is 5.56 Å². The van der Waals surface area contributed by atoms with E-state index in [1.165, 1.54) is 16.7 Å². The highest BCUT2D eigenvalue weighted by atomic mass is 19.1. The predicted octanol–water partition coefficient (Wildman–Crippen LogP) is 4.11. The van der Waals surface area contributed by atoms with Gasteiger partial charge in [-0.25, -0.2) is 4.39 Å². The number of benzene rings is 2. The summed E-state index contributed by atoms with van der Waals surface area (Å²) in [5.74, 6) is -0.0149. The van der Waals surface area contributed by atoms with Crippen molar-refractivity contribution >= 4 is 22.1 Å². The van der Waals surface area contributed by atoms with Gasteiger partial charge in [-0.2, -0.15) is 4.98 Å². The van der Waals surface area contributed by atoms with Crippen molar-refractivity contribution in [1.29, 1.82) is 0 Å². The van der Waals surface area contributed by atoms with Crippen LogP contribution in [0.5, 0.6) is 0 Å². The average Bonchev–Trinajstić information content (AvgIpc) is 2.68. The number of rotatable bonds is 4. The van der Waals surface area contributed by atoms with Gasteiger partial charge in [-0.1, -0.05) is 25.5 Å². The lowest BCUT2D eigenvalue weighted by molar-refractivity contribution is 0.598. The van der Waals surface area contributed by atoms with Crippen molar-refractivity contribution in [2.45, 2.75) is 26.3 Å². The summed E-state index contributed by atoms with van der Waals surface area (Å²) in [6, 6.07) is 12.5. The van der Waals surface area contributed by atoms with Gasteiger partial charge in [-0.3, -0.25) is 14.2 Å². The Morgan fingerprint density at radius 2 is 1.81 bits per heavy atom. The van der Waals surface area contributed by atoms with Crippen LogP contribution in [0.2, 0.25) is 0 Å². The van der Waals surface area contributed by atoms with Crippen molar-refractivity contribution in [2.24, 2.45) is 0 Å². The molecule has 0 saturated carbocycles. The molecule has 0 fully saturated rings. The van der Waals surface area contributed by atoms with E-state index in [-0.39, 0.29) is 22.3 Å². The van der Waals surface area contributed by atoms with Gasteiger partial charge in [-0.05, 0) is 42.8 Å². The fraction of sp³-hybridized carbons (Fsp3) is 0.190. The van der Waals surface area contributed by atoms with E-state index in [0.29, 0.717) is 28.9 Å². The average molecular weight is 364 g/mol. The fourth-order valence-electron chi connectivity index (χ4n) is 3.13. The SMILES string of the molecule is CCCCn1c(-c2ccc(F)cc2)nc2oc3ccccc3c(=O)c2c1=O. The largest absolute Gasteiger partial charge is 0.437 e. The number of para-hydroxylation sites is 1. The van der Waals surface area contributed by atoms with E-state index in [9.17, 15) is 14.0 Å². The molecular formula is C21H17FN2O3. The van der Waals surface area contributed by atoms with Crippen LogP contribution in [0.15, 0.2) is 62.5 Å². The number of fused-ring (bicyclic) bond motifs is 2. The molecule has 0 aliphatic rings. The Bertz CT molecular complexity index is 1260. The first kappa shape index (κ1) is 17.1. The highest BCUT2D eigenvalue weighted by Crippen LogP contribution is 2.21. The molecule has 6 heteroatoms. The van der Waals surface area contributed by atoms with Crippen LogP contribution < -0.4 is 11.0 Å². The lowest BCUT2D eigenvalue weighted by Crippen LogP contribution is -2.27. The highest BCUT2D eigenvalue weighted by Gasteiger charge is 2.18. The van der Waals surface area contributed by atoms with Crippen molar-refractivity contribution < 1.29 is 8.81 Å². The van der Waals surface area contributed by atoms with E-state index in [1.807, 2.05) is 6.92 Å². The smallest absolute Gasteiger partial charge is 0.269 e. The zero-order chi connectivity index (χ0) is 19.0. The molecule has 4 rings (SSSR count). The van der Waals surface area contributed by atoms with Crippen molar-refractivity contribution in [3.63, 3.8) is 0 Å². The number of unbranched alkanes of at least 4 members (excludes halogenated alkanes) is 1. The second kappa shape index (κ2) is 6.79. The minimum Gasteiger partial charge on any atom is -0.437 e. The molecule has 0 bridgehead atoms. The third-order valence-electron chi connectivity index (χ3n) is 4.54. The molecular weight excluding hydrogens is 347 g/mol. The zero-order valence-electron chi connectivity index (χ0n) is 14.7. The molecule has 0 atom stereocenters. The molecule has 0 saturated heterocycles. The van der Waals surface area contributed by atoms with Gasteiger partial charge in [0, 0.05) is 12.1 Å². The summed E-state index contributed by atoms with van der Waals surface area (Å²) in [5.41, 5.74) is 0.129. The minimum absolute atomic E-state index is 0.00391. The summed E-state index contributed by atoms with van der Waals surface area (Å²) >= 11 is 0. The van der Waals surface area contributed by atoms with Crippen molar-refractivity contribution in [3.05, 3.63) is 74.9 Å². The summed E-state index contributed by atoms with van der Waals surface area (Å²) in [6.45, 7) is 2.43. The van der Waals surface area contributed by atoms with Gasteiger partial charge in [-0.15, -0.1) is 0 Å². The molecule has 5 nitrogen and oxygen atoms in total. The summed E-state index contributed by atoms with van der Waals surface area (Å²) in [6.07, 6.45) is 1.62. The maximum atomic E-state index is 13.3. The topological polar surface area (TPSA) is 65.1 Å². The molecule has 2 aromatic heterocycles.